The fraction of sp³-hybridized carbons (Fsp3) is 0.429. The second-order valence-corrected chi connectivity index (χ2v) is 3.55. The standard InChI is InChI=1S/C7H9BrN2/c1-5(8)7-3-9-6(2)10-4-7/h3-5H,1-2H3. The molecule has 0 saturated carbocycles. The van der Waals surface area contributed by atoms with Gasteiger partial charge in [-0.25, -0.2) is 9.97 Å². The van der Waals surface area contributed by atoms with Crippen molar-refractivity contribution in [1.82, 2.24) is 9.97 Å². The monoisotopic (exact) mass is 200 g/mol. The molecule has 0 aliphatic heterocycles. The Morgan fingerprint density at radius 3 is 2.30 bits per heavy atom. The summed E-state index contributed by atoms with van der Waals surface area (Å²) in [6.45, 7) is 3.93. The fourth-order valence-corrected chi connectivity index (χ4v) is 0.844. The third-order valence-electron chi connectivity index (χ3n) is 1.26. The van der Waals surface area contributed by atoms with Crippen molar-refractivity contribution >= 4 is 15.9 Å². The van der Waals surface area contributed by atoms with Crippen LogP contribution in [0.15, 0.2) is 12.4 Å². The van der Waals surface area contributed by atoms with E-state index in [-0.39, 0.29) is 0 Å². The minimum Gasteiger partial charge on any atom is -0.241 e. The minimum atomic E-state index is 0.341. The molecule has 1 rings (SSSR count). The van der Waals surface area contributed by atoms with Gasteiger partial charge in [0.2, 0.25) is 0 Å². The molecule has 0 N–H and O–H groups in total. The van der Waals surface area contributed by atoms with Crippen molar-refractivity contribution in [3.8, 4) is 0 Å². The van der Waals surface area contributed by atoms with Gasteiger partial charge in [0.1, 0.15) is 5.82 Å². The Kier molecular flexibility index (Phi) is 2.38. The van der Waals surface area contributed by atoms with E-state index in [1.807, 2.05) is 26.2 Å². The zero-order valence-corrected chi connectivity index (χ0v) is 7.59. The highest BCUT2D eigenvalue weighted by Crippen LogP contribution is 2.18. The number of hydrogen-bond donors (Lipinski definition) is 0. The van der Waals surface area contributed by atoms with Crippen LogP contribution < -0.4 is 0 Å². The molecule has 1 aromatic heterocycles. The minimum absolute atomic E-state index is 0.341. The molecule has 1 aromatic rings. The van der Waals surface area contributed by atoms with E-state index in [4.69, 9.17) is 0 Å². The lowest BCUT2D eigenvalue weighted by molar-refractivity contribution is 0.985. The average Bonchev–Trinajstić information content (AvgIpc) is 1.88. The van der Waals surface area contributed by atoms with Crippen LogP contribution in [0.4, 0.5) is 0 Å². The van der Waals surface area contributed by atoms with E-state index in [9.17, 15) is 0 Å². The number of aromatic nitrogens is 2. The van der Waals surface area contributed by atoms with E-state index in [2.05, 4.69) is 25.9 Å². The molecule has 0 aliphatic carbocycles. The van der Waals surface area contributed by atoms with Gasteiger partial charge in [0, 0.05) is 22.8 Å². The van der Waals surface area contributed by atoms with Crippen LogP contribution in [0.2, 0.25) is 0 Å². The van der Waals surface area contributed by atoms with Gasteiger partial charge < -0.3 is 0 Å². The van der Waals surface area contributed by atoms with Crippen LogP contribution in [0.25, 0.3) is 0 Å². The molecular formula is C7H9BrN2. The van der Waals surface area contributed by atoms with Gasteiger partial charge in [0.25, 0.3) is 0 Å². The largest absolute Gasteiger partial charge is 0.241 e. The smallest absolute Gasteiger partial charge is 0.125 e. The van der Waals surface area contributed by atoms with Crippen molar-refractivity contribution in [2.75, 3.05) is 0 Å². The molecule has 0 amide bonds. The van der Waals surface area contributed by atoms with Gasteiger partial charge in [-0.3, -0.25) is 0 Å². The molecule has 0 spiro atoms. The summed E-state index contributed by atoms with van der Waals surface area (Å²) in [6.07, 6.45) is 3.67. The van der Waals surface area contributed by atoms with Crippen molar-refractivity contribution in [3.63, 3.8) is 0 Å². The molecule has 2 nitrogen and oxygen atoms in total. The summed E-state index contributed by atoms with van der Waals surface area (Å²) >= 11 is 3.43. The van der Waals surface area contributed by atoms with Crippen molar-refractivity contribution in [3.05, 3.63) is 23.8 Å². The van der Waals surface area contributed by atoms with Gasteiger partial charge in [-0.05, 0) is 13.8 Å². The molecular weight excluding hydrogens is 192 g/mol. The van der Waals surface area contributed by atoms with Gasteiger partial charge in [-0.1, -0.05) is 15.9 Å². The molecule has 0 fully saturated rings. The van der Waals surface area contributed by atoms with Crippen LogP contribution in [-0.2, 0) is 0 Å². The maximum atomic E-state index is 4.06. The highest BCUT2D eigenvalue weighted by molar-refractivity contribution is 9.09. The molecule has 0 bridgehead atoms. The van der Waals surface area contributed by atoms with Gasteiger partial charge in [0.05, 0.1) is 0 Å². The summed E-state index contributed by atoms with van der Waals surface area (Å²) in [5.41, 5.74) is 1.12. The Balaban J connectivity index is 2.89. The average molecular weight is 201 g/mol. The van der Waals surface area contributed by atoms with Crippen molar-refractivity contribution in [2.24, 2.45) is 0 Å². The lowest BCUT2D eigenvalue weighted by atomic mass is 10.3. The summed E-state index contributed by atoms with van der Waals surface area (Å²) in [6, 6.07) is 0. The zero-order chi connectivity index (χ0) is 7.56. The first-order valence-electron chi connectivity index (χ1n) is 3.13. The summed E-state index contributed by atoms with van der Waals surface area (Å²) in [5, 5.41) is 0. The maximum Gasteiger partial charge on any atom is 0.125 e. The van der Waals surface area contributed by atoms with Crippen LogP contribution in [-0.4, -0.2) is 9.97 Å². The molecule has 1 atom stereocenters. The summed E-state index contributed by atoms with van der Waals surface area (Å²) in [7, 11) is 0. The summed E-state index contributed by atoms with van der Waals surface area (Å²) < 4.78 is 0. The SMILES string of the molecule is Cc1ncc(C(C)Br)cn1. The lowest BCUT2D eigenvalue weighted by Gasteiger charge is -2.00. The Morgan fingerprint density at radius 2 is 1.90 bits per heavy atom. The van der Waals surface area contributed by atoms with Gasteiger partial charge in [-0.2, -0.15) is 0 Å². The summed E-state index contributed by atoms with van der Waals surface area (Å²) in [4.78, 5) is 8.46. The number of hydrogen-bond acceptors (Lipinski definition) is 2. The number of halogens is 1. The highest BCUT2D eigenvalue weighted by Gasteiger charge is 1.99. The molecule has 0 radical (unpaired) electrons. The second kappa shape index (κ2) is 3.10. The molecule has 1 unspecified atom stereocenters. The number of aryl methyl sites for hydroxylation is 1. The topological polar surface area (TPSA) is 25.8 Å². The maximum absolute atomic E-state index is 4.06. The molecule has 0 saturated heterocycles. The number of rotatable bonds is 1. The van der Waals surface area contributed by atoms with E-state index in [0.717, 1.165) is 11.4 Å². The first-order valence-corrected chi connectivity index (χ1v) is 4.04. The van der Waals surface area contributed by atoms with Gasteiger partial charge >= 0.3 is 0 Å². The van der Waals surface area contributed by atoms with Gasteiger partial charge in [0.15, 0.2) is 0 Å². The van der Waals surface area contributed by atoms with Crippen LogP contribution in [0.5, 0.6) is 0 Å². The highest BCUT2D eigenvalue weighted by atomic mass is 79.9. The van der Waals surface area contributed by atoms with E-state index in [1.165, 1.54) is 0 Å². The van der Waals surface area contributed by atoms with Crippen LogP contribution in [0.3, 0.4) is 0 Å². The molecule has 3 heteroatoms. The van der Waals surface area contributed by atoms with Crippen LogP contribution in [0, 0.1) is 6.92 Å². The molecule has 54 valence electrons. The molecule has 10 heavy (non-hydrogen) atoms. The van der Waals surface area contributed by atoms with Crippen LogP contribution in [0.1, 0.15) is 23.1 Å². The molecule has 0 aromatic carbocycles. The molecule has 1 heterocycles. The van der Waals surface area contributed by atoms with E-state index in [0.29, 0.717) is 4.83 Å². The summed E-state index contributed by atoms with van der Waals surface area (Å²) in [5.74, 6) is 0.817. The van der Waals surface area contributed by atoms with Crippen molar-refractivity contribution < 1.29 is 0 Å². The Bertz CT molecular complexity index is 205. The zero-order valence-electron chi connectivity index (χ0n) is 6.00. The second-order valence-electron chi connectivity index (χ2n) is 2.18. The third kappa shape index (κ3) is 1.77. The first-order chi connectivity index (χ1) is 4.70. The third-order valence-corrected chi connectivity index (χ3v) is 1.79. The normalized spacial score (nSPS) is 13.1. The molecule has 0 aliphatic rings. The number of alkyl halides is 1. The fourth-order valence-electron chi connectivity index (χ4n) is 0.608. The van der Waals surface area contributed by atoms with E-state index < -0.39 is 0 Å². The predicted octanol–water partition coefficient (Wildman–Crippen LogP) is 2.24. The van der Waals surface area contributed by atoms with Crippen LogP contribution >= 0.6 is 15.9 Å². The predicted molar refractivity (Wildman–Crippen MR) is 44.1 cm³/mol. The van der Waals surface area contributed by atoms with Gasteiger partial charge in [-0.15, -0.1) is 0 Å². The number of nitrogens with zero attached hydrogens (tertiary/aromatic N) is 2. The first kappa shape index (κ1) is 7.66. The Hall–Kier alpha value is -0.440. The van der Waals surface area contributed by atoms with Crippen molar-refractivity contribution in [1.29, 1.82) is 0 Å². The quantitative estimate of drug-likeness (QED) is 0.651. The van der Waals surface area contributed by atoms with E-state index in [1.54, 1.807) is 0 Å². The Morgan fingerprint density at radius 1 is 1.40 bits per heavy atom. The lowest BCUT2D eigenvalue weighted by Crippen LogP contribution is -1.90. The van der Waals surface area contributed by atoms with E-state index >= 15 is 0 Å². The Labute approximate surface area is 68.8 Å². The van der Waals surface area contributed by atoms with Crippen molar-refractivity contribution in [2.45, 2.75) is 18.7 Å².